The molecule has 2 N–H and O–H groups in total. The van der Waals surface area contributed by atoms with E-state index in [2.05, 4.69) is 0 Å². The standard InChI is InChI=1S/C16H30O7/c1-16(2,12-18)13-21-9-5-11-23-15(20)7-4-10-22-14(19)6-3-8-17/h17-18H,3-13H2,1-2H3. The van der Waals surface area contributed by atoms with E-state index in [4.69, 9.17) is 24.4 Å². The van der Waals surface area contributed by atoms with Crippen molar-refractivity contribution in [3.8, 4) is 0 Å². The second-order valence-corrected chi connectivity index (χ2v) is 6.10. The monoisotopic (exact) mass is 334 g/mol. The van der Waals surface area contributed by atoms with E-state index in [1.165, 1.54) is 0 Å². The Hall–Kier alpha value is -1.18. The van der Waals surface area contributed by atoms with Crippen LogP contribution in [0.5, 0.6) is 0 Å². The number of rotatable bonds is 14. The Kier molecular flexibility index (Phi) is 12.6. The molecule has 0 unspecified atom stereocenters. The number of ether oxygens (including phenoxy) is 3. The predicted octanol–water partition coefficient (Wildman–Crippen LogP) is 1.05. The van der Waals surface area contributed by atoms with Crippen molar-refractivity contribution in [1.29, 1.82) is 0 Å². The van der Waals surface area contributed by atoms with Crippen molar-refractivity contribution >= 4 is 11.9 Å². The minimum Gasteiger partial charge on any atom is -0.466 e. The third-order valence-electron chi connectivity index (χ3n) is 2.94. The lowest BCUT2D eigenvalue weighted by Gasteiger charge is -2.21. The van der Waals surface area contributed by atoms with Crippen LogP contribution in [0.2, 0.25) is 0 Å². The van der Waals surface area contributed by atoms with Gasteiger partial charge in [-0.25, -0.2) is 0 Å². The molecule has 0 saturated carbocycles. The van der Waals surface area contributed by atoms with Crippen molar-refractivity contribution in [2.75, 3.05) is 39.6 Å². The van der Waals surface area contributed by atoms with Gasteiger partial charge in [0.15, 0.2) is 0 Å². The van der Waals surface area contributed by atoms with Gasteiger partial charge in [0.25, 0.3) is 0 Å². The van der Waals surface area contributed by atoms with Crippen LogP contribution >= 0.6 is 0 Å². The Morgan fingerprint density at radius 1 is 0.870 bits per heavy atom. The van der Waals surface area contributed by atoms with Crippen LogP contribution < -0.4 is 0 Å². The molecule has 0 saturated heterocycles. The van der Waals surface area contributed by atoms with Crippen LogP contribution in [0.1, 0.15) is 46.0 Å². The molecule has 0 aliphatic carbocycles. The maximum atomic E-state index is 11.4. The van der Waals surface area contributed by atoms with Crippen LogP contribution in [0.4, 0.5) is 0 Å². The molecule has 7 heteroatoms. The van der Waals surface area contributed by atoms with Gasteiger partial charge < -0.3 is 24.4 Å². The lowest BCUT2D eigenvalue weighted by Crippen LogP contribution is -2.24. The van der Waals surface area contributed by atoms with Crippen molar-refractivity contribution in [1.82, 2.24) is 0 Å². The Morgan fingerprint density at radius 2 is 1.43 bits per heavy atom. The quantitative estimate of drug-likeness (QED) is 0.361. The van der Waals surface area contributed by atoms with Crippen molar-refractivity contribution in [3.05, 3.63) is 0 Å². The van der Waals surface area contributed by atoms with Crippen molar-refractivity contribution < 1.29 is 34.0 Å². The van der Waals surface area contributed by atoms with Crippen LogP contribution in [0.15, 0.2) is 0 Å². The van der Waals surface area contributed by atoms with E-state index >= 15 is 0 Å². The Bertz CT molecular complexity index is 328. The fourth-order valence-electron chi connectivity index (χ4n) is 1.51. The first kappa shape index (κ1) is 21.8. The largest absolute Gasteiger partial charge is 0.466 e. The molecule has 0 fully saturated rings. The van der Waals surface area contributed by atoms with Gasteiger partial charge in [0.1, 0.15) is 0 Å². The molecule has 23 heavy (non-hydrogen) atoms. The molecule has 0 rings (SSSR count). The summed E-state index contributed by atoms with van der Waals surface area (Å²) >= 11 is 0. The second-order valence-electron chi connectivity index (χ2n) is 6.10. The molecular formula is C16H30O7. The molecule has 0 aliphatic rings. The average molecular weight is 334 g/mol. The number of carbonyl (C=O) groups excluding carboxylic acids is 2. The van der Waals surface area contributed by atoms with E-state index in [0.29, 0.717) is 32.5 Å². The first-order chi connectivity index (χ1) is 10.9. The van der Waals surface area contributed by atoms with E-state index in [-0.39, 0.29) is 56.6 Å². The summed E-state index contributed by atoms with van der Waals surface area (Å²) < 4.78 is 15.3. The zero-order valence-electron chi connectivity index (χ0n) is 14.2. The Morgan fingerprint density at radius 3 is 2.00 bits per heavy atom. The Balaban J connectivity index is 3.42. The Labute approximate surface area is 137 Å². The molecule has 136 valence electrons. The van der Waals surface area contributed by atoms with Gasteiger partial charge in [-0.1, -0.05) is 13.8 Å². The summed E-state index contributed by atoms with van der Waals surface area (Å²) in [6.07, 6.45) is 1.80. The SMILES string of the molecule is CC(C)(CO)COCCCOC(=O)CCCOC(=O)CCCO. The average Bonchev–Trinajstić information content (AvgIpc) is 2.52. The second kappa shape index (κ2) is 13.3. The number of aliphatic hydroxyl groups excluding tert-OH is 2. The highest BCUT2D eigenvalue weighted by atomic mass is 16.5. The summed E-state index contributed by atoms with van der Waals surface area (Å²) in [7, 11) is 0. The molecule has 0 aromatic carbocycles. The third kappa shape index (κ3) is 14.2. The predicted molar refractivity (Wildman–Crippen MR) is 83.8 cm³/mol. The number of carbonyl (C=O) groups is 2. The maximum Gasteiger partial charge on any atom is 0.305 e. The first-order valence-electron chi connectivity index (χ1n) is 8.02. The molecule has 0 radical (unpaired) electrons. The van der Waals surface area contributed by atoms with E-state index in [1.807, 2.05) is 13.8 Å². The fourth-order valence-corrected chi connectivity index (χ4v) is 1.51. The maximum absolute atomic E-state index is 11.4. The van der Waals surface area contributed by atoms with Crippen molar-refractivity contribution in [2.45, 2.75) is 46.0 Å². The first-order valence-corrected chi connectivity index (χ1v) is 8.02. The molecule has 0 aromatic rings. The van der Waals surface area contributed by atoms with Crippen LogP contribution in [-0.4, -0.2) is 61.8 Å². The van der Waals surface area contributed by atoms with E-state index in [1.54, 1.807) is 0 Å². The zero-order valence-corrected chi connectivity index (χ0v) is 14.2. The lowest BCUT2D eigenvalue weighted by atomic mass is 9.97. The lowest BCUT2D eigenvalue weighted by molar-refractivity contribution is -0.148. The molecular weight excluding hydrogens is 304 g/mol. The van der Waals surface area contributed by atoms with Gasteiger partial charge in [-0.2, -0.15) is 0 Å². The highest BCUT2D eigenvalue weighted by molar-refractivity contribution is 5.70. The van der Waals surface area contributed by atoms with Crippen molar-refractivity contribution in [2.24, 2.45) is 5.41 Å². The minimum absolute atomic E-state index is 0.0391. The molecule has 0 spiro atoms. The summed E-state index contributed by atoms with van der Waals surface area (Å²) in [4.78, 5) is 22.6. The molecule has 7 nitrogen and oxygen atoms in total. The molecule has 0 aromatic heterocycles. The zero-order chi connectivity index (χ0) is 17.6. The minimum atomic E-state index is -0.365. The van der Waals surface area contributed by atoms with Gasteiger partial charge >= 0.3 is 11.9 Å². The van der Waals surface area contributed by atoms with E-state index in [9.17, 15) is 9.59 Å². The molecule has 0 atom stereocenters. The van der Waals surface area contributed by atoms with Crippen LogP contribution in [0.3, 0.4) is 0 Å². The number of esters is 2. The number of hydrogen-bond acceptors (Lipinski definition) is 7. The fraction of sp³-hybridized carbons (Fsp3) is 0.875. The molecule has 0 bridgehead atoms. The molecule has 0 amide bonds. The third-order valence-corrected chi connectivity index (χ3v) is 2.94. The normalized spacial score (nSPS) is 11.3. The summed E-state index contributed by atoms with van der Waals surface area (Å²) in [6, 6.07) is 0. The molecule has 0 aliphatic heterocycles. The smallest absolute Gasteiger partial charge is 0.305 e. The van der Waals surface area contributed by atoms with Gasteiger partial charge in [-0.05, 0) is 12.8 Å². The number of hydrogen-bond donors (Lipinski definition) is 2. The van der Waals surface area contributed by atoms with Gasteiger partial charge in [0.05, 0.1) is 26.4 Å². The van der Waals surface area contributed by atoms with Gasteiger partial charge in [-0.15, -0.1) is 0 Å². The van der Waals surface area contributed by atoms with Gasteiger partial charge in [-0.3, -0.25) is 9.59 Å². The summed E-state index contributed by atoms with van der Waals surface area (Å²) in [5, 5.41) is 17.6. The van der Waals surface area contributed by atoms with Crippen LogP contribution in [0.25, 0.3) is 0 Å². The van der Waals surface area contributed by atoms with Gasteiger partial charge in [0, 0.05) is 37.9 Å². The van der Waals surface area contributed by atoms with E-state index < -0.39 is 0 Å². The highest BCUT2D eigenvalue weighted by Gasteiger charge is 2.16. The van der Waals surface area contributed by atoms with Gasteiger partial charge in [0.2, 0.25) is 0 Å². The highest BCUT2D eigenvalue weighted by Crippen LogP contribution is 2.13. The van der Waals surface area contributed by atoms with Crippen LogP contribution in [-0.2, 0) is 23.8 Å². The number of aliphatic hydroxyl groups is 2. The topological polar surface area (TPSA) is 102 Å². The summed E-state index contributed by atoms with van der Waals surface area (Å²) in [5.41, 5.74) is -0.259. The van der Waals surface area contributed by atoms with Crippen LogP contribution in [0, 0.1) is 5.41 Å². The molecule has 0 heterocycles. The van der Waals surface area contributed by atoms with E-state index in [0.717, 1.165) is 0 Å². The summed E-state index contributed by atoms with van der Waals surface area (Å²) in [5.74, 6) is -0.692. The van der Waals surface area contributed by atoms with Crippen molar-refractivity contribution in [3.63, 3.8) is 0 Å². The summed E-state index contributed by atoms with van der Waals surface area (Å²) in [6.45, 7) is 5.23.